The standard InChI is InChI=1S/C16H21N3O/c1-12-17-15-8-4-2-3-7-14(15)16(18-12)19-10-5-6-13(20)9-11-19/h2,4,7-8,13,20H,3,5-6,9-11H2,1H3. The van der Waals surface area contributed by atoms with Crippen LogP contribution in [-0.4, -0.2) is 34.3 Å². The smallest absolute Gasteiger partial charge is 0.139 e. The Morgan fingerprint density at radius 1 is 1.25 bits per heavy atom. The summed E-state index contributed by atoms with van der Waals surface area (Å²) in [6, 6.07) is 0. The number of anilines is 1. The first-order chi connectivity index (χ1) is 9.74. The van der Waals surface area contributed by atoms with Crippen LogP contribution in [0.3, 0.4) is 0 Å². The lowest BCUT2D eigenvalue weighted by Gasteiger charge is -2.22. The molecule has 3 rings (SSSR count). The first kappa shape index (κ1) is 13.3. The summed E-state index contributed by atoms with van der Waals surface area (Å²) in [5.74, 6) is 1.84. The van der Waals surface area contributed by atoms with E-state index in [0.29, 0.717) is 0 Å². The molecule has 1 fully saturated rings. The molecule has 2 heterocycles. The predicted molar refractivity (Wildman–Crippen MR) is 80.8 cm³/mol. The molecule has 1 atom stereocenters. The molecule has 0 spiro atoms. The highest BCUT2D eigenvalue weighted by atomic mass is 16.3. The highest BCUT2D eigenvalue weighted by Gasteiger charge is 2.17. The van der Waals surface area contributed by atoms with E-state index >= 15 is 0 Å². The lowest BCUT2D eigenvalue weighted by Crippen LogP contribution is -2.39. The third-order valence-electron chi connectivity index (χ3n) is 3.91. The molecule has 1 aliphatic carbocycles. The average Bonchev–Trinajstić information content (AvgIpc) is 2.78. The zero-order valence-electron chi connectivity index (χ0n) is 11.9. The second-order valence-corrected chi connectivity index (χ2v) is 5.50. The van der Waals surface area contributed by atoms with Crippen molar-refractivity contribution in [2.75, 3.05) is 18.0 Å². The lowest BCUT2D eigenvalue weighted by molar-refractivity contribution is 0.161. The van der Waals surface area contributed by atoms with Gasteiger partial charge in [-0.2, -0.15) is 0 Å². The van der Waals surface area contributed by atoms with E-state index in [0.717, 1.165) is 61.0 Å². The molecule has 1 unspecified atom stereocenters. The molecule has 1 aliphatic heterocycles. The number of nitrogens with zero attached hydrogens (tertiary/aromatic N) is 3. The summed E-state index contributed by atoms with van der Waals surface area (Å²) in [5, 5.41) is 12.0. The van der Waals surface area contributed by atoms with E-state index < -0.39 is 0 Å². The molecule has 0 amide bonds. The molecular weight excluding hydrogens is 250 g/mol. The van der Waals surface area contributed by atoms with Crippen LogP contribution in [0.5, 0.6) is 0 Å². The van der Waals surface area contributed by atoms with Crippen molar-refractivity contribution in [2.45, 2.75) is 38.7 Å². The molecule has 106 valence electrons. The van der Waals surface area contributed by atoms with Crippen LogP contribution in [0.4, 0.5) is 5.82 Å². The first-order valence-corrected chi connectivity index (χ1v) is 7.39. The van der Waals surface area contributed by atoms with Gasteiger partial charge in [0.25, 0.3) is 0 Å². The molecular formula is C16H21N3O. The Hall–Kier alpha value is -1.68. The lowest BCUT2D eigenvalue weighted by atomic mass is 10.2. The van der Waals surface area contributed by atoms with Crippen LogP contribution in [0.1, 0.15) is 31.5 Å². The summed E-state index contributed by atoms with van der Waals surface area (Å²) in [5.41, 5.74) is 0. The molecule has 0 radical (unpaired) electrons. The van der Waals surface area contributed by atoms with Crippen molar-refractivity contribution in [3.05, 3.63) is 28.5 Å². The van der Waals surface area contributed by atoms with Crippen molar-refractivity contribution >= 4 is 18.0 Å². The van der Waals surface area contributed by atoms with Crippen molar-refractivity contribution in [2.24, 2.45) is 0 Å². The van der Waals surface area contributed by atoms with Gasteiger partial charge in [0.2, 0.25) is 0 Å². The van der Waals surface area contributed by atoms with Gasteiger partial charge in [-0.1, -0.05) is 18.2 Å². The number of hydrogen-bond acceptors (Lipinski definition) is 4. The summed E-state index contributed by atoms with van der Waals surface area (Å²) < 4.78 is 0. The van der Waals surface area contributed by atoms with E-state index in [9.17, 15) is 5.11 Å². The van der Waals surface area contributed by atoms with E-state index in [-0.39, 0.29) is 6.10 Å². The van der Waals surface area contributed by atoms with E-state index in [1.165, 1.54) is 0 Å². The molecule has 0 saturated carbocycles. The summed E-state index contributed by atoms with van der Waals surface area (Å²) in [4.78, 5) is 11.5. The fourth-order valence-electron chi connectivity index (χ4n) is 2.87. The maximum Gasteiger partial charge on any atom is 0.139 e. The largest absolute Gasteiger partial charge is 0.393 e. The van der Waals surface area contributed by atoms with Crippen LogP contribution >= 0.6 is 0 Å². The van der Waals surface area contributed by atoms with E-state index in [1.807, 2.05) is 6.92 Å². The molecule has 0 aromatic carbocycles. The molecule has 2 aliphatic rings. The molecule has 20 heavy (non-hydrogen) atoms. The average molecular weight is 271 g/mol. The summed E-state index contributed by atoms with van der Waals surface area (Å²) >= 11 is 0. The molecule has 1 aromatic rings. The predicted octanol–water partition coefficient (Wildman–Crippen LogP) is 0.657. The highest BCUT2D eigenvalue weighted by molar-refractivity contribution is 5.51. The van der Waals surface area contributed by atoms with Crippen LogP contribution < -0.4 is 15.5 Å². The van der Waals surface area contributed by atoms with Gasteiger partial charge < -0.3 is 10.0 Å². The Kier molecular flexibility index (Phi) is 3.83. The number of aromatic nitrogens is 2. The number of rotatable bonds is 1. The van der Waals surface area contributed by atoms with Gasteiger partial charge in [0.05, 0.1) is 11.5 Å². The summed E-state index contributed by atoms with van der Waals surface area (Å²) in [7, 11) is 0. The third kappa shape index (κ3) is 2.75. The van der Waals surface area contributed by atoms with Crippen molar-refractivity contribution in [3.8, 4) is 0 Å². The van der Waals surface area contributed by atoms with E-state index in [2.05, 4.69) is 39.2 Å². The summed E-state index contributed by atoms with van der Waals surface area (Å²) in [6.45, 7) is 3.77. The van der Waals surface area contributed by atoms with Crippen LogP contribution in [-0.2, 0) is 0 Å². The topological polar surface area (TPSA) is 49.2 Å². The normalized spacial score (nSPS) is 22.3. The van der Waals surface area contributed by atoms with Crippen LogP contribution in [0.2, 0.25) is 0 Å². The molecule has 4 heteroatoms. The maximum absolute atomic E-state index is 9.81. The quantitative estimate of drug-likeness (QED) is 0.815. The van der Waals surface area contributed by atoms with Gasteiger partial charge >= 0.3 is 0 Å². The number of aryl methyl sites for hydroxylation is 1. The number of hydrogen-bond donors (Lipinski definition) is 1. The Labute approximate surface area is 119 Å². The molecule has 1 N–H and O–H groups in total. The van der Waals surface area contributed by atoms with Gasteiger partial charge in [-0.15, -0.1) is 0 Å². The minimum Gasteiger partial charge on any atom is -0.393 e. The molecule has 1 aromatic heterocycles. The van der Waals surface area contributed by atoms with Crippen molar-refractivity contribution in [3.63, 3.8) is 0 Å². The second kappa shape index (κ2) is 5.75. The maximum atomic E-state index is 9.81. The van der Waals surface area contributed by atoms with Crippen LogP contribution in [0.25, 0.3) is 12.2 Å². The molecule has 1 saturated heterocycles. The van der Waals surface area contributed by atoms with Crippen molar-refractivity contribution in [1.82, 2.24) is 9.97 Å². The number of aliphatic hydroxyl groups is 1. The fourth-order valence-corrected chi connectivity index (χ4v) is 2.87. The van der Waals surface area contributed by atoms with Crippen LogP contribution in [0, 0.1) is 6.92 Å². The molecule has 4 nitrogen and oxygen atoms in total. The van der Waals surface area contributed by atoms with Gasteiger partial charge in [0.1, 0.15) is 11.6 Å². The Morgan fingerprint density at radius 2 is 2.15 bits per heavy atom. The third-order valence-corrected chi connectivity index (χ3v) is 3.91. The summed E-state index contributed by atoms with van der Waals surface area (Å²) in [6.07, 6.45) is 11.9. The van der Waals surface area contributed by atoms with Crippen LogP contribution in [0.15, 0.2) is 12.2 Å². The second-order valence-electron chi connectivity index (χ2n) is 5.50. The molecule has 0 bridgehead atoms. The van der Waals surface area contributed by atoms with E-state index in [1.54, 1.807) is 0 Å². The Balaban J connectivity index is 2.06. The Bertz CT molecular complexity index is 636. The van der Waals surface area contributed by atoms with Gasteiger partial charge in [0.15, 0.2) is 0 Å². The monoisotopic (exact) mass is 271 g/mol. The number of fused-ring (bicyclic) bond motifs is 1. The minimum absolute atomic E-state index is 0.168. The zero-order valence-corrected chi connectivity index (χ0v) is 11.9. The van der Waals surface area contributed by atoms with Crippen molar-refractivity contribution in [1.29, 1.82) is 0 Å². The van der Waals surface area contributed by atoms with Gasteiger partial charge in [-0.05, 0) is 38.7 Å². The zero-order chi connectivity index (χ0) is 13.9. The Morgan fingerprint density at radius 3 is 3.05 bits per heavy atom. The fraction of sp³-hybridized carbons (Fsp3) is 0.500. The van der Waals surface area contributed by atoms with Crippen molar-refractivity contribution < 1.29 is 5.11 Å². The first-order valence-electron chi connectivity index (χ1n) is 7.39. The SMILES string of the molecule is Cc1nc(N2CCCC(O)CC2)c2c(n1)=CC=CCC=2. The number of allylic oxidation sites excluding steroid dienone is 2. The minimum atomic E-state index is -0.168. The van der Waals surface area contributed by atoms with E-state index in [4.69, 9.17) is 0 Å². The van der Waals surface area contributed by atoms with Gasteiger partial charge in [0, 0.05) is 18.3 Å². The highest BCUT2D eigenvalue weighted by Crippen LogP contribution is 2.14. The van der Waals surface area contributed by atoms with Gasteiger partial charge in [-0.3, -0.25) is 0 Å². The van der Waals surface area contributed by atoms with Gasteiger partial charge in [-0.25, -0.2) is 9.97 Å². The number of aliphatic hydroxyl groups excluding tert-OH is 1.